The smallest absolute Gasteiger partial charge is 0.325 e. The van der Waals surface area contributed by atoms with Crippen molar-refractivity contribution in [2.45, 2.75) is 13.0 Å². The molecule has 1 heterocycles. The van der Waals surface area contributed by atoms with Crippen molar-refractivity contribution in [1.29, 1.82) is 0 Å². The molecule has 0 aromatic heterocycles. The van der Waals surface area contributed by atoms with Gasteiger partial charge in [0.2, 0.25) is 6.79 Å². The van der Waals surface area contributed by atoms with Crippen molar-refractivity contribution >= 4 is 29.5 Å². The Morgan fingerprint density at radius 2 is 1.90 bits per heavy atom. The highest BCUT2D eigenvalue weighted by atomic mass is 16.7. The minimum Gasteiger partial charge on any atom is -0.480 e. The third kappa shape index (κ3) is 5.15. The number of ether oxygens (including phenoxy) is 2. The third-order valence-corrected chi connectivity index (χ3v) is 4.24. The van der Waals surface area contributed by atoms with Gasteiger partial charge in [-0.25, -0.2) is 0 Å². The van der Waals surface area contributed by atoms with E-state index in [0.29, 0.717) is 17.1 Å². The zero-order valence-corrected chi connectivity index (χ0v) is 16.2. The van der Waals surface area contributed by atoms with Gasteiger partial charge < -0.3 is 25.2 Å². The molecular weight excluding hydrogens is 410 g/mol. The SMILES string of the molecule is CC(NC(=O)C(=Cc1ccc2c(c1)OCO2)NC(=O)c1cccc([N+](=O)[O-])c1)C(=O)O. The Kier molecular flexibility index (Phi) is 6.15. The number of nitrogens with zero attached hydrogens (tertiary/aromatic N) is 1. The molecule has 1 atom stereocenters. The van der Waals surface area contributed by atoms with Crippen LogP contribution in [0.25, 0.3) is 6.08 Å². The summed E-state index contributed by atoms with van der Waals surface area (Å²) in [6, 6.07) is 8.55. The topological polar surface area (TPSA) is 157 Å². The summed E-state index contributed by atoms with van der Waals surface area (Å²) in [5.74, 6) is -1.94. The van der Waals surface area contributed by atoms with Crippen LogP contribution in [0.2, 0.25) is 0 Å². The number of nitrogens with one attached hydrogen (secondary N) is 2. The van der Waals surface area contributed by atoms with Crippen LogP contribution in [0.4, 0.5) is 5.69 Å². The molecule has 0 fully saturated rings. The summed E-state index contributed by atoms with van der Waals surface area (Å²) >= 11 is 0. The number of hydrogen-bond acceptors (Lipinski definition) is 7. The summed E-state index contributed by atoms with van der Waals surface area (Å²) in [5, 5.41) is 24.6. The van der Waals surface area contributed by atoms with E-state index in [1.165, 1.54) is 31.2 Å². The van der Waals surface area contributed by atoms with Gasteiger partial charge in [0.1, 0.15) is 11.7 Å². The second kappa shape index (κ2) is 8.95. The average molecular weight is 427 g/mol. The van der Waals surface area contributed by atoms with Gasteiger partial charge in [-0.15, -0.1) is 0 Å². The molecule has 1 aliphatic rings. The number of carbonyl (C=O) groups excluding carboxylic acids is 2. The number of non-ortho nitro benzene ring substituents is 1. The first-order chi connectivity index (χ1) is 14.7. The van der Waals surface area contributed by atoms with Gasteiger partial charge in [0.15, 0.2) is 11.5 Å². The largest absolute Gasteiger partial charge is 0.480 e. The predicted octanol–water partition coefficient (Wildman–Crippen LogP) is 1.68. The molecule has 160 valence electrons. The monoisotopic (exact) mass is 427 g/mol. The lowest BCUT2D eigenvalue weighted by molar-refractivity contribution is -0.384. The molecule has 2 aromatic carbocycles. The van der Waals surface area contributed by atoms with Crippen molar-refractivity contribution in [3.8, 4) is 11.5 Å². The Morgan fingerprint density at radius 3 is 2.61 bits per heavy atom. The number of aliphatic carboxylic acids is 1. The highest BCUT2D eigenvalue weighted by molar-refractivity contribution is 6.06. The van der Waals surface area contributed by atoms with Crippen molar-refractivity contribution in [2.75, 3.05) is 6.79 Å². The van der Waals surface area contributed by atoms with Crippen LogP contribution in [0.3, 0.4) is 0 Å². The quantitative estimate of drug-likeness (QED) is 0.342. The van der Waals surface area contributed by atoms with E-state index in [2.05, 4.69) is 10.6 Å². The Hall–Kier alpha value is -4.41. The minimum absolute atomic E-state index is 0.0510. The average Bonchev–Trinajstić information content (AvgIpc) is 3.21. The van der Waals surface area contributed by atoms with Gasteiger partial charge in [-0.2, -0.15) is 0 Å². The Balaban J connectivity index is 1.90. The van der Waals surface area contributed by atoms with Crippen LogP contribution in [-0.4, -0.2) is 40.6 Å². The Bertz CT molecular complexity index is 1100. The summed E-state index contributed by atoms with van der Waals surface area (Å²) in [5.41, 5.74) is -0.136. The molecule has 1 aliphatic heterocycles. The van der Waals surface area contributed by atoms with E-state index in [1.807, 2.05) is 0 Å². The number of hydrogen-bond donors (Lipinski definition) is 3. The van der Waals surface area contributed by atoms with Crippen LogP contribution in [0.15, 0.2) is 48.2 Å². The molecule has 2 amide bonds. The maximum atomic E-state index is 12.6. The van der Waals surface area contributed by atoms with Crippen molar-refractivity contribution in [2.24, 2.45) is 0 Å². The molecule has 11 heteroatoms. The number of carboxylic acid groups (broad SMARTS) is 1. The fourth-order valence-electron chi connectivity index (χ4n) is 2.62. The summed E-state index contributed by atoms with van der Waals surface area (Å²) in [6.07, 6.45) is 1.32. The van der Waals surface area contributed by atoms with E-state index >= 15 is 0 Å². The lowest BCUT2D eigenvalue weighted by Gasteiger charge is -2.13. The third-order valence-electron chi connectivity index (χ3n) is 4.24. The van der Waals surface area contributed by atoms with E-state index in [9.17, 15) is 24.5 Å². The number of nitro benzene ring substituents is 1. The first kappa shape index (κ1) is 21.3. The Morgan fingerprint density at radius 1 is 1.16 bits per heavy atom. The summed E-state index contributed by atoms with van der Waals surface area (Å²) < 4.78 is 10.5. The van der Waals surface area contributed by atoms with Crippen LogP contribution in [0.5, 0.6) is 11.5 Å². The molecule has 3 N–H and O–H groups in total. The highest BCUT2D eigenvalue weighted by Crippen LogP contribution is 2.33. The number of carbonyl (C=O) groups is 3. The number of benzene rings is 2. The number of amides is 2. The summed E-state index contributed by atoms with van der Waals surface area (Å²) in [6.45, 7) is 1.32. The maximum absolute atomic E-state index is 12.6. The second-order valence-electron chi connectivity index (χ2n) is 6.47. The van der Waals surface area contributed by atoms with E-state index < -0.39 is 28.7 Å². The molecule has 0 radical (unpaired) electrons. The highest BCUT2D eigenvalue weighted by Gasteiger charge is 2.21. The normalized spacial score (nSPS) is 13.3. The molecule has 0 aliphatic carbocycles. The zero-order chi connectivity index (χ0) is 22.5. The second-order valence-corrected chi connectivity index (χ2v) is 6.47. The number of rotatable bonds is 7. The number of fused-ring (bicyclic) bond motifs is 1. The van der Waals surface area contributed by atoms with Crippen LogP contribution < -0.4 is 20.1 Å². The van der Waals surface area contributed by atoms with Gasteiger partial charge in [0, 0.05) is 17.7 Å². The van der Waals surface area contributed by atoms with Gasteiger partial charge >= 0.3 is 5.97 Å². The van der Waals surface area contributed by atoms with Gasteiger partial charge in [0.25, 0.3) is 17.5 Å². The fraction of sp³-hybridized carbons (Fsp3) is 0.150. The van der Waals surface area contributed by atoms with E-state index in [1.54, 1.807) is 18.2 Å². The summed E-state index contributed by atoms with van der Waals surface area (Å²) in [4.78, 5) is 46.6. The van der Waals surface area contributed by atoms with Crippen molar-refractivity contribution in [3.05, 3.63) is 69.4 Å². The Labute approximate surface area is 175 Å². The van der Waals surface area contributed by atoms with Gasteiger partial charge in [-0.3, -0.25) is 24.5 Å². The van der Waals surface area contributed by atoms with Crippen LogP contribution in [-0.2, 0) is 9.59 Å². The summed E-state index contributed by atoms with van der Waals surface area (Å²) in [7, 11) is 0. The van der Waals surface area contributed by atoms with E-state index in [-0.39, 0.29) is 23.7 Å². The van der Waals surface area contributed by atoms with Gasteiger partial charge in [0.05, 0.1) is 4.92 Å². The van der Waals surface area contributed by atoms with Crippen LogP contribution >= 0.6 is 0 Å². The van der Waals surface area contributed by atoms with Crippen LogP contribution in [0, 0.1) is 10.1 Å². The molecule has 0 saturated heterocycles. The lowest BCUT2D eigenvalue weighted by atomic mass is 10.1. The molecular formula is C20H17N3O8. The number of carboxylic acids is 1. The van der Waals surface area contributed by atoms with Gasteiger partial charge in [-0.1, -0.05) is 12.1 Å². The van der Waals surface area contributed by atoms with Gasteiger partial charge in [-0.05, 0) is 36.8 Å². The molecule has 31 heavy (non-hydrogen) atoms. The van der Waals surface area contributed by atoms with Crippen molar-refractivity contribution < 1.29 is 33.9 Å². The first-order valence-electron chi connectivity index (χ1n) is 8.95. The molecule has 0 bridgehead atoms. The minimum atomic E-state index is -1.26. The predicted molar refractivity (Wildman–Crippen MR) is 106 cm³/mol. The van der Waals surface area contributed by atoms with Crippen LogP contribution in [0.1, 0.15) is 22.8 Å². The standard InChI is InChI=1S/C20H17N3O8/c1-11(20(26)27)21-19(25)15(7-12-5-6-16-17(8-12)31-10-30-16)22-18(24)13-3-2-4-14(9-13)23(28)29/h2-9,11H,10H2,1H3,(H,21,25)(H,22,24)(H,26,27). The zero-order valence-electron chi connectivity index (χ0n) is 16.2. The molecule has 0 saturated carbocycles. The molecule has 11 nitrogen and oxygen atoms in total. The van der Waals surface area contributed by atoms with E-state index in [0.717, 1.165) is 6.07 Å². The first-order valence-corrected chi connectivity index (χ1v) is 8.95. The van der Waals surface area contributed by atoms with E-state index in [4.69, 9.17) is 14.6 Å². The molecule has 2 aromatic rings. The molecule has 3 rings (SSSR count). The molecule has 0 spiro atoms. The fourth-order valence-corrected chi connectivity index (χ4v) is 2.62. The maximum Gasteiger partial charge on any atom is 0.325 e. The van der Waals surface area contributed by atoms with Crippen molar-refractivity contribution in [3.63, 3.8) is 0 Å². The molecule has 1 unspecified atom stereocenters. The lowest BCUT2D eigenvalue weighted by Crippen LogP contribution is -2.42. The van der Waals surface area contributed by atoms with Crippen molar-refractivity contribution in [1.82, 2.24) is 10.6 Å². The number of nitro groups is 1.